The van der Waals surface area contributed by atoms with Gasteiger partial charge in [-0.15, -0.1) is 0 Å². The van der Waals surface area contributed by atoms with Crippen molar-refractivity contribution in [3.8, 4) is 0 Å². The molecule has 3 rings (SSSR count). The summed E-state index contributed by atoms with van der Waals surface area (Å²) in [6.07, 6.45) is 11.6. The fourth-order valence-electron chi connectivity index (χ4n) is 4.22. The molecule has 2 N–H and O–H groups in total. The second-order valence-electron chi connectivity index (χ2n) is 9.49. The standard InChI is InChI=1S/C17H22FN.C9H17N.C3H8O.C2H6/c1-3-5-8-13(4-2)16(18)15-11-6-9-14-10-7-12-19-17(14)15;1-8(2)10-9-6-4-3-5-7-9;1-3(2)4;1-2/h6-7,9-13,16H,3-5,8H2,1-2H3;9-10H,1,3-7H2,2H3;3-4H,1-2H3;1-2H3. The summed E-state index contributed by atoms with van der Waals surface area (Å²) in [7, 11) is 0. The van der Waals surface area contributed by atoms with Gasteiger partial charge in [0.05, 0.1) is 5.52 Å². The molecule has 0 radical (unpaired) electrons. The number of alkyl halides is 1. The summed E-state index contributed by atoms with van der Waals surface area (Å²) in [6.45, 7) is 17.5. The Morgan fingerprint density at radius 1 is 1.11 bits per heavy atom. The Labute approximate surface area is 215 Å². The number of allylic oxidation sites excluding steroid dienone is 1. The van der Waals surface area contributed by atoms with Crippen LogP contribution < -0.4 is 5.32 Å². The molecule has 2 unspecified atom stereocenters. The maximum absolute atomic E-state index is 14.8. The Morgan fingerprint density at radius 2 is 1.71 bits per heavy atom. The number of nitrogens with zero attached hydrogens (tertiary/aromatic N) is 1. The van der Waals surface area contributed by atoms with Crippen LogP contribution >= 0.6 is 0 Å². The molecule has 2 aromatic rings. The number of fused-ring (bicyclic) bond motifs is 1. The Hall–Kier alpha value is -1.94. The molecule has 1 saturated carbocycles. The predicted octanol–water partition coefficient (Wildman–Crippen LogP) is 9.32. The first-order chi connectivity index (χ1) is 16.8. The van der Waals surface area contributed by atoms with E-state index < -0.39 is 6.17 Å². The van der Waals surface area contributed by atoms with E-state index in [0.29, 0.717) is 0 Å². The lowest BCUT2D eigenvalue weighted by atomic mass is 9.89. The summed E-state index contributed by atoms with van der Waals surface area (Å²) < 4.78 is 14.8. The number of nitrogens with one attached hydrogen (secondary N) is 1. The molecule has 1 aliphatic carbocycles. The van der Waals surface area contributed by atoms with Gasteiger partial charge in [-0.25, -0.2) is 4.39 Å². The van der Waals surface area contributed by atoms with Crippen LogP contribution in [0.2, 0.25) is 0 Å². The highest BCUT2D eigenvalue weighted by atomic mass is 19.1. The van der Waals surface area contributed by atoms with Crippen molar-refractivity contribution in [2.24, 2.45) is 5.92 Å². The van der Waals surface area contributed by atoms with Crippen molar-refractivity contribution < 1.29 is 9.50 Å². The zero-order valence-corrected chi connectivity index (χ0v) is 23.6. The Balaban J connectivity index is 0.000000604. The first-order valence-corrected chi connectivity index (χ1v) is 13.9. The van der Waals surface area contributed by atoms with E-state index >= 15 is 0 Å². The Bertz CT molecular complexity index is 778. The summed E-state index contributed by atoms with van der Waals surface area (Å²) in [5.41, 5.74) is 2.68. The molecule has 3 nitrogen and oxygen atoms in total. The van der Waals surface area contributed by atoms with Crippen molar-refractivity contribution in [1.29, 1.82) is 0 Å². The number of pyridine rings is 1. The molecular weight excluding hydrogens is 435 g/mol. The minimum Gasteiger partial charge on any atom is -0.394 e. The largest absolute Gasteiger partial charge is 0.394 e. The van der Waals surface area contributed by atoms with E-state index in [-0.39, 0.29) is 12.0 Å². The molecular formula is C31H53FN2O. The third-order valence-corrected chi connectivity index (χ3v) is 5.88. The number of hydrogen-bond acceptors (Lipinski definition) is 3. The SMILES string of the molecule is C=C(C)NC1CCCCC1.CC.CC(C)O.CCCCC(CC)C(F)c1cccc2cccnc12. The molecule has 200 valence electrons. The first kappa shape index (κ1) is 33.1. The monoisotopic (exact) mass is 488 g/mol. The number of aliphatic hydroxyl groups excluding tert-OH is 1. The average Bonchev–Trinajstić information content (AvgIpc) is 2.85. The molecule has 0 spiro atoms. The minimum absolute atomic E-state index is 0.104. The second-order valence-corrected chi connectivity index (χ2v) is 9.49. The molecule has 4 heteroatoms. The number of halogens is 1. The van der Waals surface area contributed by atoms with Gasteiger partial charge in [-0.2, -0.15) is 0 Å². The highest BCUT2D eigenvalue weighted by Crippen LogP contribution is 2.35. The van der Waals surface area contributed by atoms with E-state index in [2.05, 4.69) is 30.7 Å². The van der Waals surface area contributed by atoms with Crippen LogP contribution in [-0.2, 0) is 0 Å². The molecule has 1 aromatic carbocycles. The highest BCUT2D eigenvalue weighted by molar-refractivity contribution is 5.81. The van der Waals surface area contributed by atoms with Gasteiger partial charge in [0.15, 0.2) is 0 Å². The zero-order valence-electron chi connectivity index (χ0n) is 23.6. The van der Waals surface area contributed by atoms with E-state index in [0.717, 1.165) is 53.9 Å². The van der Waals surface area contributed by atoms with E-state index in [9.17, 15) is 4.39 Å². The van der Waals surface area contributed by atoms with Crippen LogP contribution in [0.5, 0.6) is 0 Å². The second kappa shape index (κ2) is 20.3. The molecule has 2 atom stereocenters. The quantitative estimate of drug-likeness (QED) is 0.389. The van der Waals surface area contributed by atoms with Gasteiger partial charge in [-0.1, -0.05) is 97.1 Å². The number of aromatic nitrogens is 1. The number of rotatable bonds is 8. The molecule has 1 aliphatic rings. The molecule has 0 saturated heterocycles. The van der Waals surface area contributed by atoms with Crippen LogP contribution in [0.1, 0.15) is 118 Å². The van der Waals surface area contributed by atoms with Crippen LogP contribution in [-0.4, -0.2) is 22.2 Å². The maximum Gasteiger partial charge on any atom is 0.130 e. The van der Waals surface area contributed by atoms with E-state index in [1.54, 1.807) is 20.0 Å². The summed E-state index contributed by atoms with van der Waals surface area (Å²) in [5.74, 6) is 0.104. The maximum atomic E-state index is 14.8. The lowest BCUT2D eigenvalue weighted by molar-refractivity contribution is 0.212. The highest BCUT2D eigenvalue weighted by Gasteiger charge is 2.22. The topological polar surface area (TPSA) is 45.1 Å². The van der Waals surface area contributed by atoms with E-state index in [1.807, 2.05) is 51.1 Å². The third-order valence-electron chi connectivity index (χ3n) is 5.88. The normalized spacial score (nSPS) is 14.9. The summed E-state index contributed by atoms with van der Waals surface area (Å²) in [4.78, 5) is 4.36. The van der Waals surface area contributed by atoms with Crippen molar-refractivity contribution in [3.05, 3.63) is 54.4 Å². The smallest absolute Gasteiger partial charge is 0.130 e. The van der Waals surface area contributed by atoms with Crippen molar-refractivity contribution in [1.82, 2.24) is 10.3 Å². The molecule has 0 amide bonds. The molecule has 1 heterocycles. The number of aliphatic hydroxyl groups is 1. The van der Waals surface area contributed by atoms with Gasteiger partial charge in [0.25, 0.3) is 0 Å². The lowest BCUT2D eigenvalue weighted by Gasteiger charge is -2.23. The Morgan fingerprint density at radius 3 is 2.26 bits per heavy atom. The third kappa shape index (κ3) is 14.3. The minimum atomic E-state index is -0.907. The number of hydrogen-bond donors (Lipinski definition) is 2. The van der Waals surface area contributed by atoms with Gasteiger partial charge < -0.3 is 10.4 Å². The van der Waals surface area contributed by atoms with Crippen LogP contribution in [0, 0.1) is 5.92 Å². The van der Waals surface area contributed by atoms with Gasteiger partial charge >= 0.3 is 0 Å². The van der Waals surface area contributed by atoms with Gasteiger partial charge in [-0.3, -0.25) is 4.98 Å². The van der Waals surface area contributed by atoms with Crippen molar-refractivity contribution in [3.63, 3.8) is 0 Å². The Kier molecular flexibility index (Phi) is 19.1. The van der Waals surface area contributed by atoms with Gasteiger partial charge in [0.2, 0.25) is 0 Å². The first-order valence-electron chi connectivity index (χ1n) is 13.9. The number of para-hydroxylation sites is 1. The predicted molar refractivity (Wildman–Crippen MR) is 152 cm³/mol. The van der Waals surface area contributed by atoms with Gasteiger partial charge in [-0.05, 0) is 52.0 Å². The van der Waals surface area contributed by atoms with Crippen molar-refractivity contribution in [2.45, 2.75) is 125 Å². The number of benzene rings is 1. The molecule has 1 fully saturated rings. The lowest BCUT2D eigenvalue weighted by Crippen LogP contribution is -2.28. The average molecular weight is 489 g/mol. The molecule has 0 aliphatic heterocycles. The van der Waals surface area contributed by atoms with E-state index in [1.165, 1.54) is 32.1 Å². The molecule has 35 heavy (non-hydrogen) atoms. The summed E-state index contributed by atoms with van der Waals surface area (Å²) in [6, 6.07) is 10.4. The van der Waals surface area contributed by atoms with Crippen molar-refractivity contribution >= 4 is 10.9 Å². The zero-order chi connectivity index (χ0) is 26.6. The van der Waals surface area contributed by atoms with Crippen molar-refractivity contribution in [2.75, 3.05) is 0 Å². The van der Waals surface area contributed by atoms with Gasteiger partial charge in [0, 0.05) is 35.0 Å². The summed E-state index contributed by atoms with van der Waals surface area (Å²) in [5, 5.41) is 12.5. The van der Waals surface area contributed by atoms with Gasteiger partial charge in [0.1, 0.15) is 6.17 Å². The summed E-state index contributed by atoms with van der Waals surface area (Å²) >= 11 is 0. The molecule has 0 bridgehead atoms. The molecule has 1 aromatic heterocycles. The van der Waals surface area contributed by atoms with Crippen LogP contribution in [0.15, 0.2) is 48.8 Å². The van der Waals surface area contributed by atoms with Crippen LogP contribution in [0.25, 0.3) is 10.9 Å². The number of unbranched alkanes of at least 4 members (excludes halogenated alkanes) is 1. The van der Waals surface area contributed by atoms with Crippen LogP contribution in [0.4, 0.5) is 4.39 Å². The fourth-order valence-corrected chi connectivity index (χ4v) is 4.22. The fraction of sp³-hybridized carbons (Fsp3) is 0.645. The van der Waals surface area contributed by atoms with E-state index in [4.69, 9.17) is 5.11 Å². The van der Waals surface area contributed by atoms with Crippen LogP contribution in [0.3, 0.4) is 0 Å².